The van der Waals surface area contributed by atoms with Gasteiger partial charge in [0, 0.05) is 5.02 Å². The Kier molecular flexibility index (Phi) is 4.19. The molecular weight excluding hydrogens is 298 g/mol. The van der Waals surface area contributed by atoms with Crippen molar-refractivity contribution in [2.45, 2.75) is 24.9 Å². The van der Waals surface area contributed by atoms with E-state index in [2.05, 4.69) is 5.32 Å². The summed E-state index contributed by atoms with van der Waals surface area (Å²) in [5, 5.41) is 14.2. The molecule has 0 unspecified atom stereocenters. The van der Waals surface area contributed by atoms with Crippen LogP contribution in [0.5, 0.6) is 0 Å². The molecule has 2 aromatic rings. The van der Waals surface area contributed by atoms with Crippen LogP contribution < -0.4 is 5.32 Å². The number of rotatable bonds is 4. The number of nitrogens with one attached hydrogen (secondary N) is 1. The second kappa shape index (κ2) is 6.11. The van der Waals surface area contributed by atoms with Gasteiger partial charge in [-0.1, -0.05) is 54.1 Å². The number of carbonyl (C=O) groups excluding carboxylic acids is 1. The van der Waals surface area contributed by atoms with Crippen LogP contribution in [0.25, 0.3) is 0 Å². The Balaban J connectivity index is 1.63. The summed E-state index contributed by atoms with van der Waals surface area (Å²) in [6.07, 6.45) is 1.70. The van der Waals surface area contributed by atoms with Crippen LogP contribution in [0.4, 0.5) is 0 Å². The molecule has 0 fully saturated rings. The number of hydrogen-bond acceptors (Lipinski definition) is 2. The summed E-state index contributed by atoms with van der Waals surface area (Å²) >= 11 is 6.06. The molecule has 0 spiro atoms. The van der Waals surface area contributed by atoms with Gasteiger partial charge in [0.1, 0.15) is 5.60 Å². The molecule has 1 aliphatic rings. The first-order valence-corrected chi connectivity index (χ1v) is 7.77. The molecule has 0 saturated heterocycles. The van der Waals surface area contributed by atoms with E-state index >= 15 is 0 Å². The first-order chi connectivity index (χ1) is 10.6. The van der Waals surface area contributed by atoms with Crippen LogP contribution in [0.1, 0.15) is 23.1 Å². The minimum absolute atomic E-state index is 0.133. The summed E-state index contributed by atoms with van der Waals surface area (Å²) in [6.45, 7) is 0.229. The summed E-state index contributed by atoms with van der Waals surface area (Å²) in [5.74, 6) is -0.133. The van der Waals surface area contributed by atoms with Gasteiger partial charge in [-0.15, -0.1) is 0 Å². The lowest BCUT2D eigenvalue weighted by Crippen LogP contribution is -2.39. The lowest BCUT2D eigenvalue weighted by atomic mass is 9.96. The second-order valence-corrected chi connectivity index (χ2v) is 6.14. The maximum absolute atomic E-state index is 12.1. The highest BCUT2D eigenvalue weighted by atomic mass is 35.5. The third-order valence-corrected chi connectivity index (χ3v) is 4.58. The van der Waals surface area contributed by atoms with E-state index < -0.39 is 5.60 Å². The Bertz CT molecular complexity index is 701. The van der Waals surface area contributed by atoms with Crippen molar-refractivity contribution >= 4 is 17.5 Å². The van der Waals surface area contributed by atoms with E-state index in [1.165, 1.54) is 0 Å². The summed E-state index contributed by atoms with van der Waals surface area (Å²) in [6, 6.07) is 15.1. The van der Waals surface area contributed by atoms with Crippen molar-refractivity contribution in [2.75, 3.05) is 6.54 Å². The maximum atomic E-state index is 12.1. The van der Waals surface area contributed by atoms with Gasteiger partial charge in [-0.3, -0.25) is 4.79 Å². The Morgan fingerprint density at radius 3 is 2.73 bits per heavy atom. The first kappa shape index (κ1) is 15.1. The fourth-order valence-corrected chi connectivity index (χ4v) is 3.18. The minimum atomic E-state index is -0.966. The van der Waals surface area contributed by atoms with Gasteiger partial charge in [0.25, 0.3) is 0 Å². The highest BCUT2D eigenvalue weighted by molar-refractivity contribution is 6.31. The topological polar surface area (TPSA) is 49.3 Å². The van der Waals surface area contributed by atoms with Crippen LogP contribution in [0.3, 0.4) is 0 Å². The summed E-state index contributed by atoms with van der Waals surface area (Å²) < 4.78 is 0. The number of benzene rings is 2. The van der Waals surface area contributed by atoms with Crippen LogP contribution in [-0.2, 0) is 23.2 Å². The van der Waals surface area contributed by atoms with E-state index in [0.717, 1.165) is 23.1 Å². The molecule has 0 saturated carbocycles. The van der Waals surface area contributed by atoms with Gasteiger partial charge in [-0.05, 0) is 35.6 Å². The van der Waals surface area contributed by atoms with E-state index in [-0.39, 0.29) is 18.9 Å². The van der Waals surface area contributed by atoms with E-state index in [9.17, 15) is 9.90 Å². The Morgan fingerprint density at radius 1 is 1.18 bits per heavy atom. The predicted octanol–water partition coefficient (Wildman–Crippen LogP) is 2.83. The van der Waals surface area contributed by atoms with Gasteiger partial charge in [0.15, 0.2) is 0 Å². The van der Waals surface area contributed by atoms with Crippen molar-refractivity contribution < 1.29 is 9.90 Å². The fraction of sp³-hybridized carbons (Fsp3) is 0.278. The molecule has 22 heavy (non-hydrogen) atoms. The molecule has 0 heterocycles. The van der Waals surface area contributed by atoms with Gasteiger partial charge in [-0.2, -0.15) is 0 Å². The Hall–Kier alpha value is -1.84. The van der Waals surface area contributed by atoms with Crippen molar-refractivity contribution in [3.05, 3.63) is 70.2 Å². The zero-order valence-electron chi connectivity index (χ0n) is 12.2. The van der Waals surface area contributed by atoms with Gasteiger partial charge in [0.05, 0.1) is 13.0 Å². The maximum Gasteiger partial charge on any atom is 0.224 e. The van der Waals surface area contributed by atoms with E-state index in [4.69, 9.17) is 11.6 Å². The molecule has 0 aromatic heterocycles. The van der Waals surface area contributed by atoms with Crippen molar-refractivity contribution in [1.29, 1.82) is 0 Å². The van der Waals surface area contributed by atoms with Crippen molar-refractivity contribution in [3.63, 3.8) is 0 Å². The third-order valence-electron chi connectivity index (χ3n) is 4.21. The standard InChI is InChI=1S/C18H18ClNO2/c19-16-8-4-2-6-14(16)11-17(21)20-12-18(22)10-9-13-5-1-3-7-15(13)18/h1-8,22H,9-12H2,(H,20,21)/t18-/m1/s1. The van der Waals surface area contributed by atoms with Gasteiger partial charge in [-0.25, -0.2) is 0 Å². The number of fused-ring (bicyclic) bond motifs is 1. The lowest BCUT2D eigenvalue weighted by molar-refractivity contribution is -0.121. The lowest BCUT2D eigenvalue weighted by Gasteiger charge is -2.24. The van der Waals surface area contributed by atoms with E-state index in [1.54, 1.807) is 6.07 Å². The average Bonchev–Trinajstić information content (AvgIpc) is 2.86. The molecule has 0 bridgehead atoms. The third kappa shape index (κ3) is 3.01. The summed E-state index contributed by atoms with van der Waals surface area (Å²) in [4.78, 5) is 12.1. The Morgan fingerprint density at radius 2 is 1.91 bits per heavy atom. The highest BCUT2D eigenvalue weighted by Gasteiger charge is 2.36. The smallest absolute Gasteiger partial charge is 0.224 e. The van der Waals surface area contributed by atoms with Crippen LogP contribution in [-0.4, -0.2) is 17.6 Å². The molecule has 1 atom stereocenters. The molecule has 0 aliphatic heterocycles. The molecule has 2 N–H and O–H groups in total. The normalized spacial score (nSPS) is 19.7. The Labute approximate surface area is 134 Å². The molecule has 4 heteroatoms. The quantitative estimate of drug-likeness (QED) is 0.911. The number of halogens is 1. The molecule has 2 aromatic carbocycles. The minimum Gasteiger partial charge on any atom is -0.383 e. The second-order valence-electron chi connectivity index (χ2n) is 5.73. The highest BCUT2D eigenvalue weighted by Crippen LogP contribution is 2.36. The van der Waals surface area contributed by atoms with E-state index in [0.29, 0.717) is 11.4 Å². The van der Waals surface area contributed by atoms with Gasteiger partial charge < -0.3 is 10.4 Å². The molecule has 3 rings (SSSR count). The zero-order valence-corrected chi connectivity index (χ0v) is 12.9. The van der Waals surface area contributed by atoms with Crippen molar-refractivity contribution in [3.8, 4) is 0 Å². The molecule has 114 valence electrons. The first-order valence-electron chi connectivity index (χ1n) is 7.39. The van der Waals surface area contributed by atoms with Gasteiger partial charge >= 0.3 is 0 Å². The van der Waals surface area contributed by atoms with Crippen molar-refractivity contribution in [2.24, 2.45) is 0 Å². The molecule has 1 amide bonds. The number of carbonyl (C=O) groups is 1. The zero-order chi connectivity index (χ0) is 15.6. The average molecular weight is 316 g/mol. The molecule has 3 nitrogen and oxygen atoms in total. The van der Waals surface area contributed by atoms with Crippen LogP contribution in [0.2, 0.25) is 5.02 Å². The number of aliphatic hydroxyl groups is 1. The van der Waals surface area contributed by atoms with Crippen LogP contribution in [0.15, 0.2) is 48.5 Å². The molecule has 0 radical (unpaired) electrons. The van der Waals surface area contributed by atoms with Crippen LogP contribution in [0, 0.1) is 0 Å². The summed E-state index contributed by atoms with van der Waals surface area (Å²) in [7, 11) is 0. The van der Waals surface area contributed by atoms with Gasteiger partial charge in [0.2, 0.25) is 5.91 Å². The monoisotopic (exact) mass is 315 g/mol. The van der Waals surface area contributed by atoms with Crippen molar-refractivity contribution in [1.82, 2.24) is 5.32 Å². The largest absolute Gasteiger partial charge is 0.383 e. The van der Waals surface area contributed by atoms with Crippen LogP contribution >= 0.6 is 11.6 Å². The number of amides is 1. The molecular formula is C18H18ClNO2. The number of aryl methyl sites for hydroxylation is 1. The van der Waals surface area contributed by atoms with E-state index in [1.807, 2.05) is 42.5 Å². The molecule has 1 aliphatic carbocycles. The number of hydrogen-bond donors (Lipinski definition) is 2. The summed E-state index contributed by atoms with van der Waals surface area (Å²) in [5.41, 5.74) is 1.91. The SMILES string of the molecule is O=C(Cc1ccccc1Cl)NC[C@]1(O)CCc2ccccc21. The fourth-order valence-electron chi connectivity index (χ4n) is 2.97. The predicted molar refractivity (Wildman–Crippen MR) is 86.8 cm³/mol.